The zero-order chi connectivity index (χ0) is 21.3. The average molecular weight is 422 g/mol. The monoisotopic (exact) mass is 421 g/mol. The Balaban J connectivity index is 1.78. The lowest BCUT2D eigenvalue weighted by Gasteiger charge is -2.30. The molecule has 0 unspecified atom stereocenters. The van der Waals surface area contributed by atoms with Gasteiger partial charge in [0.05, 0.1) is 24.6 Å². The Labute approximate surface area is 180 Å². The number of anilines is 2. The van der Waals surface area contributed by atoms with Gasteiger partial charge in [0.1, 0.15) is 24.0 Å². The van der Waals surface area contributed by atoms with Crippen LogP contribution in [0.5, 0.6) is 5.75 Å². The van der Waals surface area contributed by atoms with E-state index in [0.29, 0.717) is 48.3 Å². The molecule has 0 radical (unpaired) electrons. The first-order valence-corrected chi connectivity index (χ1v) is 9.70. The number of nitrogens with zero attached hydrogens (tertiary/aromatic N) is 2. The lowest BCUT2D eigenvalue weighted by atomic mass is 10.1. The molecule has 30 heavy (non-hydrogen) atoms. The molecule has 0 aromatic heterocycles. The predicted molar refractivity (Wildman–Crippen MR) is 117 cm³/mol. The minimum Gasteiger partial charge on any atom is -0.481 e. The van der Waals surface area contributed by atoms with Crippen LogP contribution in [0.1, 0.15) is 5.56 Å². The Morgan fingerprint density at radius 3 is 2.67 bits per heavy atom. The van der Waals surface area contributed by atoms with Gasteiger partial charge in [-0.05, 0) is 42.0 Å². The van der Waals surface area contributed by atoms with Crippen LogP contribution in [0.4, 0.5) is 11.4 Å². The van der Waals surface area contributed by atoms with Crippen LogP contribution < -0.4 is 15.0 Å². The third-order valence-corrected chi connectivity index (χ3v) is 4.67. The van der Waals surface area contributed by atoms with Gasteiger partial charge in [-0.15, -0.1) is 6.42 Å². The molecule has 1 N–H and O–H groups in total. The van der Waals surface area contributed by atoms with Gasteiger partial charge >= 0.3 is 0 Å². The summed E-state index contributed by atoms with van der Waals surface area (Å²) in [4.78, 5) is 14.9. The molecule has 2 aromatic carbocycles. The summed E-state index contributed by atoms with van der Waals surface area (Å²) in [5.74, 6) is 2.49. The molecular weight excluding hydrogens is 402 g/mol. The van der Waals surface area contributed by atoms with E-state index in [2.05, 4.69) is 16.1 Å². The summed E-state index contributed by atoms with van der Waals surface area (Å²) in [5, 5.41) is 12.8. The first kappa shape index (κ1) is 21.3. The molecule has 1 heterocycles. The maximum absolute atomic E-state index is 12.8. The molecule has 1 aliphatic heterocycles. The fraction of sp³-hybridized carbons (Fsp3) is 0.217. The van der Waals surface area contributed by atoms with Crippen LogP contribution in [0.3, 0.4) is 0 Å². The van der Waals surface area contributed by atoms with Gasteiger partial charge in [0.25, 0.3) is 5.91 Å². The van der Waals surface area contributed by atoms with Crippen molar-refractivity contribution in [1.29, 1.82) is 5.26 Å². The number of rotatable bonds is 6. The molecule has 1 fully saturated rings. The molecule has 1 amide bonds. The number of amides is 1. The Morgan fingerprint density at radius 2 is 2.00 bits per heavy atom. The molecule has 1 aliphatic rings. The highest BCUT2D eigenvalue weighted by molar-refractivity contribution is 6.31. The van der Waals surface area contributed by atoms with E-state index in [-0.39, 0.29) is 12.2 Å². The van der Waals surface area contributed by atoms with Crippen LogP contribution in [0.15, 0.2) is 48.0 Å². The van der Waals surface area contributed by atoms with Crippen molar-refractivity contribution in [2.24, 2.45) is 0 Å². The number of morpholine rings is 1. The summed E-state index contributed by atoms with van der Waals surface area (Å²) in [7, 11) is 0. The molecule has 1 saturated heterocycles. The largest absolute Gasteiger partial charge is 0.481 e. The molecular formula is C23H20ClN3O3. The second-order valence-corrected chi connectivity index (χ2v) is 6.88. The van der Waals surface area contributed by atoms with Crippen molar-refractivity contribution in [3.05, 3.63) is 58.6 Å². The summed E-state index contributed by atoms with van der Waals surface area (Å²) >= 11 is 6.14. The van der Waals surface area contributed by atoms with Crippen LogP contribution in [0, 0.1) is 23.7 Å². The molecule has 0 atom stereocenters. The van der Waals surface area contributed by atoms with E-state index in [4.69, 9.17) is 27.5 Å². The van der Waals surface area contributed by atoms with E-state index in [9.17, 15) is 10.1 Å². The van der Waals surface area contributed by atoms with Gasteiger partial charge in [-0.2, -0.15) is 5.26 Å². The summed E-state index contributed by atoms with van der Waals surface area (Å²) in [6, 6.07) is 14.2. The maximum Gasteiger partial charge on any atom is 0.266 e. The topological polar surface area (TPSA) is 74.6 Å². The average Bonchev–Trinajstić information content (AvgIpc) is 2.77. The van der Waals surface area contributed by atoms with Crippen LogP contribution in [0.2, 0.25) is 5.02 Å². The van der Waals surface area contributed by atoms with Crippen molar-refractivity contribution in [3.8, 4) is 24.2 Å². The van der Waals surface area contributed by atoms with Crippen LogP contribution in [-0.4, -0.2) is 38.8 Å². The molecule has 0 bridgehead atoms. The number of nitrogens with one attached hydrogen (secondary N) is 1. The summed E-state index contributed by atoms with van der Waals surface area (Å²) in [6.07, 6.45) is 6.68. The van der Waals surface area contributed by atoms with Crippen molar-refractivity contribution < 1.29 is 14.3 Å². The number of ether oxygens (including phenoxy) is 2. The second-order valence-electron chi connectivity index (χ2n) is 6.45. The fourth-order valence-corrected chi connectivity index (χ4v) is 3.15. The molecule has 3 rings (SSSR count). The molecule has 152 valence electrons. The van der Waals surface area contributed by atoms with E-state index in [0.717, 1.165) is 5.69 Å². The Bertz CT molecular complexity index is 1010. The lowest BCUT2D eigenvalue weighted by molar-refractivity contribution is -0.112. The van der Waals surface area contributed by atoms with Gasteiger partial charge in [-0.25, -0.2) is 0 Å². The number of benzene rings is 2. The van der Waals surface area contributed by atoms with E-state index in [1.54, 1.807) is 36.4 Å². The summed E-state index contributed by atoms with van der Waals surface area (Å²) < 4.78 is 10.7. The standard InChI is InChI=1S/C23H20ClN3O3/c1-2-11-30-20-6-3-17(4-7-20)14-18(16-25)23(28)26-21-15-19(24)5-8-22(21)27-9-12-29-13-10-27/h1,3-8,14-15H,9-13H2,(H,26,28). The third-order valence-electron chi connectivity index (χ3n) is 4.44. The number of hydrogen-bond acceptors (Lipinski definition) is 5. The number of terminal acetylenes is 1. The van der Waals surface area contributed by atoms with Crippen LogP contribution in [0.25, 0.3) is 6.08 Å². The number of carbonyl (C=O) groups excluding carboxylic acids is 1. The SMILES string of the molecule is C#CCOc1ccc(C=C(C#N)C(=O)Nc2cc(Cl)ccc2N2CCOCC2)cc1. The molecule has 2 aromatic rings. The van der Waals surface area contributed by atoms with Gasteiger partial charge < -0.3 is 19.7 Å². The normalized spacial score (nSPS) is 13.8. The van der Waals surface area contributed by atoms with Gasteiger partial charge in [-0.3, -0.25) is 4.79 Å². The van der Waals surface area contributed by atoms with Gasteiger partial charge in [-0.1, -0.05) is 29.7 Å². The minimum absolute atomic E-state index is 0.0276. The van der Waals surface area contributed by atoms with Crippen molar-refractivity contribution >= 4 is 35.0 Å². The first-order valence-electron chi connectivity index (χ1n) is 9.32. The zero-order valence-corrected chi connectivity index (χ0v) is 17.0. The van der Waals surface area contributed by atoms with Crippen molar-refractivity contribution in [2.75, 3.05) is 43.1 Å². The Hall–Kier alpha value is -3.45. The highest BCUT2D eigenvalue weighted by atomic mass is 35.5. The molecule has 0 spiro atoms. The van der Waals surface area contributed by atoms with Gasteiger partial charge in [0, 0.05) is 18.1 Å². The van der Waals surface area contributed by atoms with Crippen molar-refractivity contribution in [2.45, 2.75) is 0 Å². The number of carbonyl (C=O) groups is 1. The fourth-order valence-electron chi connectivity index (χ4n) is 2.98. The lowest BCUT2D eigenvalue weighted by Crippen LogP contribution is -2.36. The molecule has 7 heteroatoms. The smallest absolute Gasteiger partial charge is 0.266 e. The Kier molecular flexibility index (Phi) is 7.34. The number of nitriles is 1. The highest BCUT2D eigenvalue weighted by Crippen LogP contribution is 2.30. The van der Waals surface area contributed by atoms with E-state index < -0.39 is 5.91 Å². The van der Waals surface area contributed by atoms with Gasteiger partial charge in [0.2, 0.25) is 0 Å². The maximum atomic E-state index is 12.8. The van der Waals surface area contributed by atoms with Crippen molar-refractivity contribution in [3.63, 3.8) is 0 Å². The molecule has 0 aliphatic carbocycles. The van der Waals surface area contributed by atoms with Crippen LogP contribution in [-0.2, 0) is 9.53 Å². The number of halogens is 1. The summed E-state index contributed by atoms with van der Waals surface area (Å²) in [6.45, 7) is 2.81. The summed E-state index contributed by atoms with van der Waals surface area (Å²) in [5.41, 5.74) is 2.05. The minimum atomic E-state index is -0.512. The molecule has 0 saturated carbocycles. The number of hydrogen-bond donors (Lipinski definition) is 1. The third kappa shape index (κ3) is 5.55. The van der Waals surface area contributed by atoms with Gasteiger partial charge in [0.15, 0.2) is 0 Å². The Morgan fingerprint density at radius 1 is 1.27 bits per heavy atom. The quantitative estimate of drug-likeness (QED) is 0.437. The van der Waals surface area contributed by atoms with E-state index >= 15 is 0 Å². The first-order chi connectivity index (χ1) is 14.6. The van der Waals surface area contributed by atoms with Crippen LogP contribution >= 0.6 is 11.6 Å². The highest BCUT2D eigenvalue weighted by Gasteiger charge is 2.18. The second kappa shape index (κ2) is 10.4. The van der Waals surface area contributed by atoms with Crippen molar-refractivity contribution in [1.82, 2.24) is 0 Å². The predicted octanol–water partition coefficient (Wildman–Crippen LogP) is 3.73. The van der Waals surface area contributed by atoms with E-state index in [1.165, 1.54) is 6.08 Å². The van der Waals surface area contributed by atoms with E-state index in [1.807, 2.05) is 12.1 Å². The molecule has 6 nitrogen and oxygen atoms in total. The zero-order valence-electron chi connectivity index (χ0n) is 16.2.